The van der Waals surface area contributed by atoms with Crippen molar-refractivity contribution < 1.29 is 9.53 Å². The van der Waals surface area contributed by atoms with Gasteiger partial charge in [0.15, 0.2) is 0 Å². The Balaban J connectivity index is 1.24. The number of carbonyl (C=O) groups excluding carboxylic acids is 1. The van der Waals surface area contributed by atoms with E-state index in [1.165, 1.54) is 31.2 Å². The Morgan fingerprint density at radius 1 is 1.00 bits per heavy atom. The van der Waals surface area contributed by atoms with Gasteiger partial charge < -0.3 is 20.3 Å². The third kappa shape index (κ3) is 5.99. The quantitative estimate of drug-likeness (QED) is 0.739. The summed E-state index contributed by atoms with van der Waals surface area (Å²) in [4.78, 5) is 14.2. The zero-order chi connectivity index (χ0) is 20.6. The number of benzene rings is 2. The first-order valence-electron chi connectivity index (χ1n) is 11.3. The van der Waals surface area contributed by atoms with Gasteiger partial charge in [-0.15, -0.1) is 0 Å². The Bertz CT molecular complexity index is 788. The van der Waals surface area contributed by atoms with E-state index in [0.717, 1.165) is 50.6 Å². The van der Waals surface area contributed by atoms with E-state index >= 15 is 0 Å². The second-order valence-corrected chi connectivity index (χ2v) is 8.59. The predicted molar refractivity (Wildman–Crippen MR) is 121 cm³/mol. The van der Waals surface area contributed by atoms with Crippen molar-refractivity contribution in [1.82, 2.24) is 10.2 Å². The maximum atomic E-state index is 12.3. The van der Waals surface area contributed by atoms with E-state index in [9.17, 15) is 4.79 Å². The minimum Gasteiger partial charge on any atom is -0.493 e. The fourth-order valence-electron chi connectivity index (χ4n) is 4.60. The zero-order valence-electron chi connectivity index (χ0n) is 17.7. The lowest BCUT2D eigenvalue weighted by molar-refractivity contribution is 0.175. The SMILES string of the molecule is O=C(Nc1ccc(CC2CCCC(COc3ccccc3)C2)cc1)N1CCNCC1. The van der Waals surface area contributed by atoms with E-state index in [1.54, 1.807) is 0 Å². The Kier molecular flexibility index (Phi) is 7.25. The lowest BCUT2D eigenvalue weighted by Gasteiger charge is -2.29. The standard InChI is InChI=1S/C25H33N3O2/c29-25(28-15-13-26-14-16-28)27-23-11-9-20(10-12-23)17-21-5-4-6-22(18-21)19-30-24-7-2-1-3-8-24/h1-3,7-12,21-22,26H,4-6,13-19H2,(H,27,29). The van der Waals surface area contributed by atoms with Crippen molar-refractivity contribution in [3.8, 4) is 5.75 Å². The van der Waals surface area contributed by atoms with E-state index in [2.05, 4.69) is 22.8 Å². The van der Waals surface area contributed by atoms with E-state index in [-0.39, 0.29) is 6.03 Å². The summed E-state index contributed by atoms with van der Waals surface area (Å²) in [5, 5.41) is 6.29. The van der Waals surface area contributed by atoms with Crippen LogP contribution in [-0.2, 0) is 6.42 Å². The fraction of sp³-hybridized carbons (Fsp3) is 0.480. The van der Waals surface area contributed by atoms with Crippen LogP contribution in [0.5, 0.6) is 5.75 Å². The first-order valence-corrected chi connectivity index (χ1v) is 11.3. The number of rotatable bonds is 6. The van der Waals surface area contributed by atoms with Crippen LogP contribution in [0.3, 0.4) is 0 Å². The number of hydrogen-bond acceptors (Lipinski definition) is 3. The number of para-hydroxylation sites is 1. The monoisotopic (exact) mass is 407 g/mol. The van der Waals surface area contributed by atoms with Gasteiger partial charge in [0.1, 0.15) is 5.75 Å². The minimum absolute atomic E-state index is 0.00205. The molecule has 2 aliphatic rings. The van der Waals surface area contributed by atoms with Crippen LogP contribution in [0, 0.1) is 11.8 Å². The molecule has 2 atom stereocenters. The number of nitrogens with zero attached hydrogens (tertiary/aromatic N) is 1. The number of hydrogen-bond donors (Lipinski definition) is 2. The number of carbonyl (C=O) groups is 1. The van der Waals surface area contributed by atoms with E-state index < -0.39 is 0 Å². The normalized spacial score (nSPS) is 21.8. The Morgan fingerprint density at radius 2 is 1.73 bits per heavy atom. The molecule has 2 fully saturated rings. The Morgan fingerprint density at radius 3 is 2.50 bits per heavy atom. The largest absolute Gasteiger partial charge is 0.493 e. The van der Waals surface area contributed by atoms with Gasteiger partial charge >= 0.3 is 6.03 Å². The van der Waals surface area contributed by atoms with Gasteiger partial charge in [-0.25, -0.2) is 4.79 Å². The van der Waals surface area contributed by atoms with Crippen LogP contribution in [0.2, 0.25) is 0 Å². The molecule has 0 spiro atoms. The molecule has 2 aromatic carbocycles. The zero-order valence-corrected chi connectivity index (χ0v) is 17.7. The van der Waals surface area contributed by atoms with Crippen LogP contribution >= 0.6 is 0 Å². The molecule has 0 aromatic heterocycles. The van der Waals surface area contributed by atoms with Gasteiger partial charge in [-0.05, 0) is 60.9 Å². The van der Waals surface area contributed by atoms with Gasteiger partial charge in [-0.1, -0.05) is 43.2 Å². The van der Waals surface area contributed by atoms with Crippen LogP contribution in [0.15, 0.2) is 54.6 Å². The summed E-state index contributed by atoms with van der Waals surface area (Å²) in [6, 6.07) is 18.5. The summed E-state index contributed by atoms with van der Waals surface area (Å²) >= 11 is 0. The summed E-state index contributed by atoms with van der Waals surface area (Å²) in [6.45, 7) is 4.08. The first kappa shape index (κ1) is 20.7. The molecule has 1 saturated heterocycles. The van der Waals surface area contributed by atoms with Crippen molar-refractivity contribution in [2.24, 2.45) is 11.8 Å². The molecule has 1 aliphatic heterocycles. The van der Waals surface area contributed by atoms with Crippen LogP contribution in [0.4, 0.5) is 10.5 Å². The maximum absolute atomic E-state index is 12.3. The molecule has 1 aliphatic carbocycles. The highest BCUT2D eigenvalue weighted by molar-refractivity contribution is 5.89. The number of amides is 2. The van der Waals surface area contributed by atoms with Crippen molar-refractivity contribution in [2.45, 2.75) is 32.1 Å². The minimum atomic E-state index is -0.00205. The summed E-state index contributed by atoms with van der Waals surface area (Å²) in [7, 11) is 0. The highest BCUT2D eigenvalue weighted by Crippen LogP contribution is 2.32. The number of urea groups is 1. The van der Waals surface area contributed by atoms with Crippen molar-refractivity contribution >= 4 is 11.7 Å². The predicted octanol–water partition coefficient (Wildman–Crippen LogP) is 4.55. The van der Waals surface area contributed by atoms with Crippen LogP contribution in [0.25, 0.3) is 0 Å². The topological polar surface area (TPSA) is 53.6 Å². The fourth-order valence-corrected chi connectivity index (χ4v) is 4.60. The van der Waals surface area contributed by atoms with Crippen LogP contribution in [0.1, 0.15) is 31.2 Å². The Hall–Kier alpha value is -2.53. The molecule has 5 nitrogen and oxygen atoms in total. The number of anilines is 1. The molecule has 30 heavy (non-hydrogen) atoms. The lowest BCUT2D eigenvalue weighted by Crippen LogP contribution is -2.48. The average molecular weight is 408 g/mol. The molecule has 4 rings (SSSR count). The second-order valence-electron chi connectivity index (χ2n) is 8.59. The van der Waals surface area contributed by atoms with Crippen molar-refractivity contribution in [3.63, 3.8) is 0 Å². The Labute approximate surface area is 179 Å². The van der Waals surface area contributed by atoms with E-state index in [4.69, 9.17) is 4.74 Å². The highest BCUT2D eigenvalue weighted by Gasteiger charge is 2.23. The summed E-state index contributed by atoms with van der Waals surface area (Å²) in [6.07, 6.45) is 6.18. The van der Waals surface area contributed by atoms with Crippen LogP contribution in [-0.4, -0.2) is 43.7 Å². The average Bonchev–Trinajstić information content (AvgIpc) is 2.80. The lowest BCUT2D eigenvalue weighted by atomic mass is 9.79. The van der Waals surface area contributed by atoms with Gasteiger partial charge in [-0.2, -0.15) is 0 Å². The number of nitrogens with one attached hydrogen (secondary N) is 2. The highest BCUT2D eigenvalue weighted by atomic mass is 16.5. The van der Waals surface area contributed by atoms with Gasteiger partial charge in [-0.3, -0.25) is 0 Å². The maximum Gasteiger partial charge on any atom is 0.321 e. The first-order chi connectivity index (χ1) is 14.8. The van der Waals surface area contributed by atoms with Crippen molar-refractivity contribution in [3.05, 3.63) is 60.2 Å². The molecule has 160 valence electrons. The number of piperazine rings is 1. The molecule has 5 heteroatoms. The molecule has 2 aromatic rings. The molecule has 2 N–H and O–H groups in total. The summed E-state index contributed by atoms with van der Waals surface area (Å²) in [5.74, 6) is 2.32. The third-order valence-electron chi connectivity index (χ3n) is 6.25. The molecule has 2 unspecified atom stereocenters. The molecule has 1 saturated carbocycles. The van der Waals surface area contributed by atoms with Gasteiger partial charge in [0, 0.05) is 31.9 Å². The van der Waals surface area contributed by atoms with Crippen molar-refractivity contribution in [1.29, 1.82) is 0 Å². The molecular formula is C25H33N3O2. The molecule has 2 amide bonds. The van der Waals surface area contributed by atoms with Gasteiger partial charge in [0.2, 0.25) is 0 Å². The summed E-state index contributed by atoms with van der Waals surface area (Å²) < 4.78 is 6.00. The van der Waals surface area contributed by atoms with E-state index in [0.29, 0.717) is 11.8 Å². The summed E-state index contributed by atoms with van der Waals surface area (Å²) in [5.41, 5.74) is 2.23. The molecular weight excluding hydrogens is 374 g/mol. The number of ether oxygens (including phenoxy) is 1. The van der Waals surface area contributed by atoms with E-state index in [1.807, 2.05) is 47.4 Å². The third-order valence-corrected chi connectivity index (χ3v) is 6.25. The van der Waals surface area contributed by atoms with Crippen LogP contribution < -0.4 is 15.4 Å². The van der Waals surface area contributed by atoms with Gasteiger partial charge in [0.05, 0.1) is 6.61 Å². The van der Waals surface area contributed by atoms with Crippen molar-refractivity contribution in [2.75, 3.05) is 38.1 Å². The molecule has 0 radical (unpaired) electrons. The smallest absolute Gasteiger partial charge is 0.321 e. The van der Waals surface area contributed by atoms with Gasteiger partial charge in [0.25, 0.3) is 0 Å². The molecule has 0 bridgehead atoms. The molecule has 1 heterocycles. The second kappa shape index (κ2) is 10.5.